The van der Waals surface area contributed by atoms with E-state index < -0.39 is 28.5 Å². The summed E-state index contributed by atoms with van der Waals surface area (Å²) in [4.78, 5) is 28.6. The van der Waals surface area contributed by atoms with Crippen molar-refractivity contribution in [3.63, 3.8) is 0 Å². The van der Waals surface area contributed by atoms with E-state index in [9.17, 15) is 18.0 Å². The molecule has 0 heterocycles. The Labute approximate surface area is 251 Å². The van der Waals surface area contributed by atoms with Crippen molar-refractivity contribution in [3.8, 4) is 0 Å². The number of sulfonamides is 1. The number of nitrogens with one attached hydrogen (secondary N) is 1. The first-order valence-corrected chi connectivity index (χ1v) is 15.4. The fourth-order valence-corrected chi connectivity index (χ4v) is 6.09. The third-order valence-electron chi connectivity index (χ3n) is 6.27. The zero-order valence-corrected chi connectivity index (χ0v) is 25.6. The molecule has 0 radical (unpaired) electrons. The third kappa shape index (κ3) is 7.91. The summed E-state index contributed by atoms with van der Waals surface area (Å²) in [7, 11) is -4.26. The number of rotatable bonds is 12. The fourth-order valence-electron chi connectivity index (χ4n) is 4.10. The molecule has 0 spiro atoms. The summed E-state index contributed by atoms with van der Waals surface area (Å²) in [6.07, 6.45) is 1.04. The van der Waals surface area contributed by atoms with Gasteiger partial charge >= 0.3 is 0 Å². The minimum absolute atomic E-state index is 0.0149. The average molecular weight is 625 g/mol. The van der Waals surface area contributed by atoms with E-state index in [0.717, 1.165) is 21.9 Å². The van der Waals surface area contributed by atoms with Gasteiger partial charge in [0, 0.05) is 23.1 Å². The topological polar surface area (TPSA) is 86.8 Å². The van der Waals surface area contributed by atoms with Gasteiger partial charge in [-0.1, -0.05) is 78.5 Å². The number of halogens is 3. The molecule has 11 heteroatoms. The highest BCUT2D eigenvalue weighted by atomic mass is 35.5. The molecule has 40 heavy (non-hydrogen) atoms. The maximum atomic E-state index is 14.0. The van der Waals surface area contributed by atoms with Crippen molar-refractivity contribution < 1.29 is 18.0 Å². The summed E-state index contributed by atoms with van der Waals surface area (Å²) in [5, 5.41) is 3.73. The molecule has 3 aromatic carbocycles. The van der Waals surface area contributed by atoms with Crippen molar-refractivity contribution in [1.29, 1.82) is 0 Å². The summed E-state index contributed by atoms with van der Waals surface area (Å²) in [6, 6.07) is 16.7. The van der Waals surface area contributed by atoms with E-state index in [1.165, 1.54) is 35.2 Å². The molecule has 0 aliphatic rings. The lowest BCUT2D eigenvalue weighted by atomic mass is 10.1. The average Bonchev–Trinajstić information content (AvgIpc) is 2.93. The normalized spacial score (nSPS) is 12.1. The highest BCUT2D eigenvalue weighted by Gasteiger charge is 2.34. The van der Waals surface area contributed by atoms with E-state index in [-0.39, 0.29) is 33.1 Å². The molecule has 7 nitrogen and oxygen atoms in total. The zero-order valence-electron chi connectivity index (χ0n) is 22.5. The van der Waals surface area contributed by atoms with Crippen molar-refractivity contribution in [2.45, 2.75) is 51.1 Å². The number of carbonyl (C=O) groups excluding carboxylic acids is 2. The van der Waals surface area contributed by atoms with Crippen LogP contribution in [0.5, 0.6) is 0 Å². The monoisotopic (exact) mass is 623 g/mol. The van der Waals surface area contributed by atoms with Crippen molar-refractivity contribution in [2.75, 3.05) is 17.4 Å². The van der Waals surface area contributed by atoms with Crippen LogP contribution in [0.15, 0.2) is 71.6 Å². The lowest BCUT2D eigenvalue weighted by molar-refractivity contribution is -0.140. The van der Waals surface area contributed by atoms with Crippen LogP contribution >= 0.6 is 34.8 Å². The van der Waals surface area contributed by atoms with E-state index >= 15 is 0 Å². The molecular weight excluding hydrogens is 593 g/mol. The van der Waals surface area contributed by atoms with Gasteiger partial charge in [0.15, 0.2) is 0 Å². The SMILES string of the molecule is CCCNC(=O)C(CC)N(Cc1ccc(Cl)cc1)C(=O)CN(c1cc(Cl)ccc1Cl)S(=O)(=O)c1ccc(C)cc1. The van der Waals surface area contributed by atoms with Crippen LogP contribution < -0.4 is 9.62 Å². The molecular formula is C29H32Cl3N3O4S. The molecule has 0 fully saturated rings. The molecule has 3 rings (SSSR count). The minimum Gasteiger partial charge on any atom is -0.354 e. The molecule has 1 N–H and O–H groups in total. The quantitative estimate of drug-likeness (QED) is 0.250. The van der Waals surface area contributed by atoms with Gasteiger partial charge in [-0.2, -0.15) is 0 Å². The third-order valence-corrected chi connectivity index (χ3v) is 8.85. The van der Waals surface area contributed by atoms with Gasteiger partial charge in [0.25, 0.3) is 10.0 Å². The van der Waals surface area contributed by atoms with E-state index in [4.69, 9.17) is 34.8 Å². The van der Waals surface area contributed by atoms with Gasteiger partial charge in [-0.05, 0) is 67.8 Å². The highest BCUT2D eigenvalue weighted by molar-refractivity contribution is 7.92. The van der Waals surface area contributed by atoms with Crippen LogP contribution in [0.3, 0.4) is 0 Å². The Balaban J connectivity index is 2.09. The Morgan fingerprint density at radius 2 is 1.52 bits per heavy atom. The molecule has 2 amide bonds. The summed E-state index contributed by atoms with van der Waals surface area (Å²) in [6.45, 7) is 5.48. The second kappa shape index (κ2) is 14.2. The summed E-state index contributed by atoms with van der Waals surface area (Å²) in [5.74, 6) is -0.902. The predicted octanol–water partition coefficient (Wildman–Crippen LogP) is 6.48. The first-order chi connectivity index (χ1) is 19.0. The van der Waals surface area contributed by atoms with Crippen LogP contribution in [-0.4, -0.2) is 44.3 Å². The first kappa shape index (κ1) is 31.7. The van der Waals surface area contributed by atoms with Crippen molar-refractivity contribution in [1.82, 2.24) is 10.2 Å². The van der Waals surface area contributed by atoms with Crippen LogP contribution in [0.4, 0.5) is 5.69 Å². The predicted molar refractivity (Wildman–Crippen MR) is 162 cm³/mol. The van der Waals surface area contributed by atoms with E-state index in [1.807, 2.05) is 13.8 Å². The second-order valence-electron chi connectivity index (χ2n) is 9.28. The number of hydrogen-bond donors (Lipinski definition) is 1. The van der Waals surface area contributed by atoms with E-state index in [2.05, 4.69) is 5.32 Å². The minimum atomic E-state index is -4.26. The van der Waals surface area contributed by atoms with Gasteiger partial charge in [0.05, 0.1) is 15.6 Å². The Hall–Kier alpha value is -2.78. The van der Waals surface area contributed by atoms with Crippen LogP contribution in [0.25, 0.3) is 0 Å². The van der Waals surface area contributed by atoms with Crippen LogP contribution in [-0.2, 0) is 26.2 Å². The lowest BCUT2D eigenvalue weighted by Crippen LogP contribution is -2.52. The number of aryl methyl sites for hydroxylation is 1. The Kier molecular flexibility index (Phi) is 11.3. The molecule has 0 saturated heterocycles. The molecule has 0 bridgehead atoms. The van der Waals surface area contributed by atoms with Gasteiger partial charge < -0.3 is 10.2 Å². The fraction of sp³-hybridized carbons (Fsp3) is 0.310. The largest absolute Gasteiger partial charge is 0.354 e. The summed E-state index contributed by atoms with van der Waals surface area (Å²) >= 11 is 18.7. The maximum absolute atomic E-state index is 14.0. The van der Waals surface area contributed by atoms with Gasteiger partial charge in [-0.15, -0.1) is 0 Å². The molecule has 0 aliphatic heterocycles. The summed E-state index contributed by atoms with van der Waals surface area (Å²) < 4.78 is 28.8. The summed E-state index contributed by atoms with van der Waals surface area (Å²) in [5.41, 5.74) is 1.66. The van der Waals surface area contributed by atoms with Gasteiger partial charge in [0.2, 0.25) is 11.8 Å². The second-order valence-corrected chi connectivity index (χ2v) is 12.4. The number of amides is 2. The smallest absolute Gasteiger partial charge is 0.264 e. The molecule has 0 saturated carbocycles. The molecule has 0 aromatic heterocycles. The van der Waals surface area contributed by atoms with Gasteiger partial charge in [-0.25, -0.2) is 8.42 Å². The number of hydrogen-bond acceptors (Lipinski definition) is 4. The Morgan fingerprint density at radius 3 is 2.12 bits per heavy atom. The maximum Gasteiger partial charge on any atom is 0.264 e. The van der Waals surface area contributed by atoms with E-state index in [1.54, 1.807) is 43.3 Å². The van der Waals surface area contributed by atoms with Crippen LogP contribution in [0, 0.1) is 6.92 Å². The van der Waals surface area contributed by atoms with Crippen molar-refractivity contribution in [2.24, 2.45) is 0 Å². The van der Waals surface area contributed by atoms with Gasteiger partial charge in [-0.3, -0.25) is 13.9 Å². The zero-order chi connectivity index (χ0) is 29.4. The molecule has 3 aromatic rings. The van der Waals surface area contributed by atoms with Gasteiger partial charge in [0.1, 0.15) is 12.6 Å². The standard InChI is InChI=1S/C29H32Cl3N3O4S/c1-4-16-33-29(37)26(5-2)34(18-21-8-10-22(30)11-9-21)28(36)19-35(27-17-23(31)12-15-25(27)32)40(38,39)24-13-6-20(3)7-14-24/h6-15,17,26H,4-5,16,18-19H2,1-3H3,(H,33,37). The number of carbonyl (C=O) groups is 2. The van der Waals surface area contributed by atoms with Crippen LogP contribution in [0.1, 0.15) is 37.8 Å². The number of nitrogens with zero attached hydrogens (tertiary/aromatic N) is 2. The van der Waals surface area contributed by atoms with Crippen molar-refractivity contribution in [3.05, 3.63) is 92.9 Å². The van der Waals surface area contributed by atoms with Crippen molar-refractivity contribution >= 4 is 62.3 Å². The Bertz CT molecular complexity index is 1430. The molecule has 1 atom stereocenters. The lowest BCUT2D eigenvalue weighted by Gasteiger charge is -2.33. The molecule has 214 valence electrons. The highest BCUT2D eigenvalue weighted by Crippen LogP contribution is 2.33. The number of benzene rings is 3. The van der Waals surface area contributed by atoms with Crippen LogP contribution in [0.2, 0.25) is 15.1 Å². The number of anilines is 1. The van der Waals surface area contributed by atoms with E-state index in [0.29, 0.717) is 18.0 Å². The molecule has 1 unspecified atom stereocenters. The Morgan fingerprint density at radius 1 is 0.900 bits per heavy atom. The molecule has 0 aliphatic carbocycles. The first-order valence-electron chi connectivity index (χ1n) is 12.8.